The summed E-state index contributed by atoms with van der Waals surface area (Å²) in [6, 6.07) is 10.7. The Balaban J connectivity index is 1.45. The Kier molecular flexibility index (Phi) is 6.30. The van der Waals surface area contributed by atoms with Crippen LogP contribution in [-0.4, -0.2) is 42.3 Å². The minimum absolute atomic E-state index is 0.123. The van der Waals surface area contributed by atoms with E-state index in [0.717, 1.165) is 57.5 Å². The maximum atomic E-state index is 10.6. The lowest BCUT2D eigenvalue weighted by molar-refractivity contribution is -0.121. The predicted molar refractivity (Wildman–Crippen MR) is 130 cm³/mol. The Hall–Kier alpha value is -1.13. The lowest BCUT2D eigenvalue weighted by atomic mass is 9.72. The molecule has 0 bridgehead atoms. The summed E-state index contributed by atoms with van der Waals surface area (Å²) >= 11 is 14.3. The van der Waals surface area contributed by atoms with Crippen molar-refractivity contribution in [3.63, 3.8) is 0 Å². The van der Waals surface area contributed by atoms with Crippen molar-refractivity contribution in [3.8, 4) is 6.07 Å². The Morgan fingerprint density at radius 2 is 2.06 bits per heavy atom. The fourth-order valence-corrected chi connectivity index (χ4v) is 7.41. The number of halogens is 2. The zero-order valence-corrected chi connectivity index (χ0v) is 20.6. The van der Waals surface area contributed by atoms with Crippen LogP contribution in [-0.2, 0) is 11.3 Å². The fourth-order valence-electron chi connectivity index (χ4n) is 6.22. The molecule has 2 aromatic rings. The van der Waals surface area contributed by atoms with Crippen molar-refractivity contribution in [1.82, 2.24) is 10.2 Å². The first-order chi connectivity index (χ1) is 15.4. The summed E-state index contributed by atoms with van der Waals surface area (Å²) in [5.74, 6) is 0.597. The number of nitrogens with one attached hydrogen (secondary N) is 1. The summed E-state index contributed by atoms with van der Waals surface area (Å²) in [6.07, 6.45) is 2.94. The van der Waals surface area contributed by atoms with E-state index in [1.807, 2.05) is 18.2 Å². The van der Waals surface area contributed by atoms with Crippen molar-refractivity contribution in [2.24, 2.45) is 11.8 Å². The Morgan fingerprint density at radius 3 is 2.75 bits per heavy atom. The van der Waals surface area contributed by atoms with Gasteiger partial charge in [-0.15, -0.1) is 0 Å². The largest absolute Gasteiger partial charge is 0.353 e. The van der Waals surface area contributed by atoms with Crippen LogP contribution in [0.2, 0.25) is 10.0 Å². The molecule has 3 saturated heterocycles. The first kappa shape index (κ1) is 22.7. The van der Waals surface area contributed by atoms with Crippen LogP contribution < -0.4 is 5.32 Å². The molecule has 1 aromatic carbocycles. The highest BCUT2D eigenvalue weighted by Gasteiger charge is 2.61. The van der Waals surface area contributed by atoms with Gasteiger partial charge in [0.05, 0.1) is 11.7 Å². The van der Waals surface area contributed by atoms with E-state index < -0.39 is 5.60 Å². The quantitative estimate of drug-likeness (QED) is 0.597. The maximum absolute atomic E-state index is 10.6. The number of ether oxygens (including phenoxy) is 1. The molecule has 5 rings (SSSR count). The third kappa shape index (κ3) is 4.00. The van der Waals surface area contributed by atoms with Gasteiger partial charge in [-0.1, -0.05) is 36.2 Å². The molecule has 0 amide bonds. The molecule has 1 spiro atoms. The van der Waals surface area contributed by atoms with Crippen LogP contribution in [0.4, 0.5) is 0 Å². The minimum atomic E-state index is -0.761. The SMILES string of the molecule is CC1CC2(CCNCC2)OC1(C#N)C1CN(Cc2ccc(Cl)cc2Cl)CC1c1ccsc1. The second-order valence-electron chi connectivity index (χ2n) is 9.74. The number of piperidine rings is 1. The summed E-state index contributed by atoms with van der Waals surface area (Å²) in [5, 5.41) is 19.8. The van der Waals surface area contributed by atoms with Crippen molar-refractivity contribution in [2.75, 3.05) is 26.2 Å². The normalized spacial score (nSPS) is 32.4. The van der Waals surface area contributed by atoms with Gasteiger partial charge in [0.25, 0.3) is 0 Å². The lowest BCUT2D eigenvalue weighted by Crippen LogP contribution is -2.48. The van der Waals surface area contributed by atoms with Crippen LogP contribution in [0.15, 0.2) is 35.0 Å². The smallest absolute Gasteiger partial charge is 0.162 e. The topological polar surface area (TPSA) is 48.3 Å². The van der Waals surface area contributed by atoms with Crippen LogP contribution >= 0.6 is 34.5 Å². The second-order valence-corrected chi connectivity index (χ2v) is 11.4. The molecule has 4 nitrogen and oxygen atoms in total. The monoisotopic (exact) mass is 489 g/mol. The molecule has 0 aliphatic carbocycles. The fraction of sp³-hybridized carbons (Fsp3) is 0.560. The predicted octanol–water partition coefficient (Wildman–Crippen LogP) is 5.71. The molecule has 0 saturated carbocycles. The van der Waals surface area contributed by atoms with Crippen molar-refractivity contribution >= 4 is 34.5 Å². The molecule has 1 aromatic heterocycles. The van der Waals surface area contributed by atoms with E-state index in [1.54, 1.807) is 11.3 Å². The zero-order valence-electron chi connectivity index (χ0n) is 18.3. The standard InChI is InChI=1S/C25H29Cl2N3OS/c1-17-11-24(5-7-29-8-6-24)31-25(17,16-28)22-14-30(13-21(22)19-4-9-32-15-19)12-18-2-3-20(26)10-23(18)27/h2-4,9-10,15,17,21-22,29H,5-8,11-14H2,1H3. The van der Waals surface area contributed by atoms with E-state index in [-0.39, 0.29) is 23.4 Å². The summed E-state index contributed by atoms with van der Waals surface area (Å²) in [4.78, 5) is 2.44. The number of nitriles is 1. The van der Waals surface area contributed by atoms with Gasteiger partial charge in [0, 0.05) is 47.4 Å². The molecule has 0 radical (unpaired) electrons. The van der Waals surface area contributed by atoms with Gasteiger partial charge in [-0.3, -0.25) is 4.90 Å². The molecule has 3 aliphatic rings. The van der Waals surface area contributed by atoms with Crippen LogP contribution in [0.5, 0.6) is 0 Å². The number of nitrogens with zero attached hydrogens (tertiary/aromatic N) is 2. The van der Waals surface area contributed by atoms with E-state index in [2.05, 4.69) is 40.0 Å². The molecule has 4 atom stereocenters. The third-order valence-electron chi connectivity index (χ3n) is 7.81. The highest BCUT2D eigenvalue weighted by atomic mass is 35.5. The van der Waals surface area contributed by atoms with Gasteiger partial charge in [0.15, 0.2) is 5.60 Å². The van der Waals surface area contributed by atoms with Crippen molar-refractivity contribution in [3.05, 3.63) is 56.2 Å². The number of rotatable bonds is 4. The minimum Gasteiger partial charge on any atom is -0.353 e. The summed E-state index contributed by atoms with van der Waals surface area (Å²) in [7, 11) is 0. The highest BCUT2D eigenvalue weighted by molar-refractivity contribution is 7.08. The van der Waals surface area contributed by atoms with E-state index in [1.165, 1.54) is 5.56 Å². The number of hydrogen-bond donors (Lipinski definition) is 1. The maximum Gasteiger partial charge on any atom is 0.162 e. The molecule has 3 fully saturated rings. The van der Waals surface area contributed by atoms with Gasteiger partial charge in [-0.25, -0.2) is 0 Å². The van der Waals surface area contributed by atoms with Crippen LogP contribution in [0, 0.1) is 23.2 Å². The summed E-state index contributed by atoms with van der Waals surface area (Å²) < 4.78 is 6.92. The van der Waals surface area contributed by atoms with Gasteiger partial charge in [-0.05, 0) is 72.4 Å². The lowest BCUT2D eigenvalue weighted by Gasteiger charge is -2.39. The molecule has 170 valence electrons. The van der Waals surface area contributed by atoms with Gasteiger partial charge >= 0.3 is 0 Å². The summed E-state index contributed by atoms with van der Waals surface area (Å²) in [6.45, 7) is 6.63. The second kappa shape index (κ2) is 8.91. The third-order valence-corrected chi connectivity index (χ3v) is 9.10. The molecular weight excluding hydrogens is 461 g/mol. The molecule has 1 N–H and O–H groups in total. The Morgan fingerprint density at radius 1 is 1.25 bits per heavy atom. The highest BCUT2D eigenvalue weighted by Crippen LogP contribution is 2.54. The van der Waals surface area contributed by atoms with Crippen molar-refractivity contribution in [2.45, 2.75) is 49.9 Å². The molecule has 4 unspecified atom stereocenters. The van der Waals surface area contributed by atoms with E-state index in [9.17, 15) is 5.26 Å². The average molecular weight is 491 g/mol. The van der Waals surface area contributed by atoms with Crippen LogP contribution in [0.25, 0.3) is 0 Å². The van der Waals surface area contributed by atoms with Gasteiger partial charge in [0.2, 0.25) is 0 Å². The number of likely N-dealkylation sites (tertiary alicyclic amines) is 1. The van der Waals surface area contributed by atoms with Crippen LogP contribution in [0.1, 0.15) is 43.2 Å². The first-order valence-corrected chi connectivity index (χ1v) is 13.2. The molecule has 7 heteroatoms. The zero-order chi connectivity index (χ0) is 22.3. The molecule has 3 aliphatic heterocycles. The molecular formula is C25H29Cl2N3OS. The Bertz CT molecular complexity index is 1000. The van der Waals surface area contributed by atoms with E-state index in [4.69, 9.17) is 27.9 Å². The average Bonchev–Trinajstić information content (AvgIpc) is 3.49. The first-order valence-electron chi connectivity index (χ1n) is 11.5. The number of thiophene rings is 1. The van der Waals surface area contributed by atoms with Gasteiger partial charge in [0.1, 0.15) is 0 Å². The van der Waals surface area contributed by atoms with Crippen molar-refractivity contribution < 1.29 is 4.74 Å². The van der Waals surface area contributed by atoms with Gasteiger partial charge in [-0.2, -0.15) is 16.6 Å². The number of benzene rings is 1. The Labute approximate surface area is 204 Å². The molecule has 32 heavy (non-hydrogen) atoms. The van der Waals surface area contributed by atoms with E-state index >= 15 is 0 Å². The molecule has 4 heterocycles. The van der Waals surface area contributed by atoms with E-state index in [0.29, 0.717) is 10.0 Å². The summed E-state index contributed by atoms with van der Waals surface area (Å²) in [5.41, 5.74) is 1.47. The van der Waals surface area contributed by atoms with Crippen molar-refractivity contribution in [1.29, 1.82) is 5.26 Å². The van der Waals surface area contributed by atoms with Gasteiger partial charge < -0.3 is 10.1 Å². The number of hydrogen-bond acceptors (Lipinski definition) is 5. The van der Waals surface area contributed by atoms with Crippen LogP contribution in [0.3, 0.4) is 0 Å².